The van der Waals surface area contributed by atoms with Crippen LogP contribution in [0.4, 0.5) is 0 Å². The van der Waals surface area contributed by atoms with Crippen molar-refractivity contribution in [1.82, 2.24) is 5.48 Å². The van der Waals surface area contributed by atoms with E-state index in [4.69, 9.17) is 9.57 Å². The molecule has 3 nitrogen and oxygen atoms in total. The number of hydrogen-bond donors (Lipinski definition) is 1. The van der Waals surface area contributed by atoms with Gasteiger partial charge in [-0.3, -0.25) is 4.84 Å². The molecule has 0 aliphatic rings. The molecule has 0 fully saturated rings. The van der Waals surface area contributed by atoms with Gasteiger partial charge in [-0.2, -0.15) is 5.48 Å². The summed E-state index contributed by atoms with van der Waals surface area (Å²) < 4.78 is 5.35. The fraction of sp³-hybridized carbons (Fsp3) is 0.500. The van der Waals surface area contributed by atoms with E-state index < -0.39 is 0 Å². The second kappa shape index (κ2) is 7.40. The highest BCUT2D eigenvalue weighted by molar-refractivity contribution is 5.13. The Morgan fingerprint density at radius 1 is 1.20 bits per heavy atom. The molecule has 0 aromatic heterocycles. The summed E-state index contributed by atoms with van der Waals surface area (Å²) in [5.41, 5.74) is 4.03. The zero-order valence-electron chi connectivity index (χ0n) is 9.40. The molecule has 1 N–H and O–H groups in total. The second-order valence-electron chi connectivity index (χ2n) is 3.59. The smallest absolute Gasteiger partial charge is 0.0933 e. The van der Waals surface area contributed by atoms with E-state index >= 15 is 0 Å². The summed E-state index contributed by atoms with van der Waals surface area (Å²) in [5, 5.41) is 0. The molecular formula is C12H19NO2. The number of hydrogen-bond acceptors (Lipinski definition) is 3. The van der Waals surface area contributed by atoms with E-state index in [1.807, 2.05) is 44.2 Å². The molecule has 0 aliphatic carbocycles. The van der Waals surface area contributed by atoms with E-state index in [2.05, 4.69) is 5.48 Å². The Kier molecular flexibility index (Phi) is 6.00. The summed E-state index contributed by atoms with van der Waals surface area (Å²) in [7, 11) is 0. The summed E-state index contributed by atoms with van der Waals surface area (Å²) in [5.74, 6) is 0. The molecule has 1 aromatic rings. The van der Waals surface area contributed by atoms with Crippen LogP contribution in [0, 0.1) is 0 Å². The zero-order valence-corrected chi connectivity index (χ0v) is 9.40. The molecule has 0 spiro atoms. The highest BCUT2D eigenvalue weighted by atomic mass is 16.6. The van der Waals surface area contributed by atoms with Crippen LogP contribution < -0.4 is 5.48 Å². The molecule has 0 amide bonds. The van der Waals surface area contributed by atoms with Gasteiger partial charge >= 0.3 is 0 Å². The minimum absolute atomic E-state index is 0.279. The highest BCUT2D eigenvalue weighted by Crippen LogP contribution is 1.98. The molecular weight excluding hydrogens is 190 g/mol. The Morgan fingerprint density at radius 2 is 1.93 bits per heavy atom. The number of ether oxygens (including phenoxy) is 1. The lowest BCUT2D eigenvalue weighted by Gasteiger charge is -2.08. The first-order valence-electron chi connectivity index (χ1n) is 5.29. The molecule has 1 aromatic carbocycles. The van der Waals surface area contributed by atoms with Crippen molar-refractivity contribution in [3.05, 3.63) is 35.9 Å². The molecule has 0 radical (unpaired) electrons. The molecule has 15 heavy (non-hydrogen) atoms. The van der Waals surface area contributed by atoms with Gasteiger partial charge in [0, 0.05) is 6.54 Å². The highest BCUT2D eigenvalue weighted by Gasteiger charge is 1.93. The van der Waals surface area contributed by atoms with Crippen molar-refractivity contribution >= 4 is 0 Å². The largest absolute Gasteiger partial charge is 0.377 e. The van der Waals surface area contributed by atoms with Gasteiger partial charge in [0.05, 0.1) is 19.3 Å². The standard InChI is InChI=1S/C12H19NO2/c1-11(2)14-9-8-13-15-10-12-6-4-3-5-7-12/h3-7,11,13H,8-10H2,1-2H3. The van der Waals surface area contributed by atoms with Gasteiger partial charge in [-0.25, -0.2) is 0 Å². The van der Waals surface area contributed by atoms with Crippen molar-refractivity contribution in [2.45, 2.75) is 26.6 Å². The second-order valence-corrected chi connectivity index (χ2v) is 3.59. The van der Waals surface area contributed by atoms with Crippen LogP contribution in [0.3, 0.4) is 0 Å². The minimum Gasteiger partial charge on any atom is -0.377 e. The summed E-state index contributed by atoms with van der Waals surface area (Å²) >= 11 is 0. The molecule has 0 aliphatic heterocycles. The average Bonchev–Trinajstić information content (AvgIpc) is 2.24. The summed E-state index contributed by atoms with van der Waals surface area (Å²) in [6, 6.07) is 10.1. The third kappa shape index (κ3) is 6.23. The van der Waals surface area contributed by atoms with Gasteiger partial charge in [0.1, 0.15) is 0 Å². The Bertz CT molecular complexity index is 249. The first-order chi connectivity index (χ1) is 7.29. The Hall–Kier alpha value is -0.900. The first kappa shape index (κ1) is 12.2. The maximum Gasteiger partial charge on any atom is 0.0933 e. The molecule has 3 heteroatoms. The van der Waals surface area contributed by atoms with Crippen LogP contribution in [0.15, 0.2) is 30.3 Å². The quantitative estimate of drug-likeness (QED) is 0.551. The van der Waals surface area contributed by atoms with E-state index in [9.17, 15) is 0 Å². The first-order valence-corrected chi connectivity index (χ1v) is 5.29. The number of hydroxylamine groups is 1. The maximum atomic E-state index is 5.35. The molecule has 0 unspecified atom stereocenters. The summed E-state index contributed by atoms with van der Waals surface area (Å²) in [6.45, 7) is 6.01. The molecule has 0 atom stereocenters. The number of rotatable bonds is 7. The maximum absolute atomic E-state index is 5.35. The molecule has 1 rings (SSSR count). The summed E-state index contributed by atoms with van der Waals surface area (Å²) in [4.78, 5) is 5.27. The lowest BCUT2D eigenvalue weighted by molar-refractivity contribution is -0.000187. The van der Waals surface area contributed by atoms with Crippen LogP contribution >= 0.6 is 0 Å². The Labute approximate surface area is 91.4 Å². The lowest BCUT2D eigenvalue weighted by Crippen LogP contribution is -2.21. The zero-order chi connectivity index (χ0) is 10.9. The normalized spacial score (nSPS) is 10.9. The third-order valence-corrected chi connectivity index (χ3v) is 1.84. The van der Waals surface area contributed by atoms with Crippen molar-refractivity contribution in [3.8, 4) is 0 Å². The van der Waals surface area contributed by atoms with Gasteiger partial charge in [0.25, 0.3) is 0 Å². The predicted molar refractivity (Wildman–Crippen MR) is 60.3 cm³/mol. The third-order valence-electron chi connectivity index (χ3n) is 1.84. The Morgan fingerprint density at radius 3 is 2.60 bits per heavy atom. The predicted octanol–water partition coefficient (Wildman–Crippen LogP) is 2.13. The topological polar surface area (TPSA) is 30.5 Å². The average molecular weight is 209 g/mol. The van der Waals surface area contributed by atoms with Crippen LogP contribution in [-0.2, 0) is 16.2 Å². The van der Waals surface area contributed by atoms with Gasteiger partial charge in [-0.15, -0.1) is 0 Å². The van der Waals surface area contributed by atoms with Gasteiger partial charge in [-0.05, 0) is 19.4 Å². The van der Waals surface area contributed by atoms with Crippen LogP contribution in [0.2, 0.25) is 0 Å². The van der Waals surface area contributed by atoms with E-state index in [-0.39, 0.29) is 6.10 Å². The Balaban J connectivity index is 1.98. The van der Waals surface area contributed by atoms with E-state index in [1.54, 1.807) is 0 Å². The fourth-order valence-electron chi connectivity index (χ4n) is 1.12. The van der Waals surface area contributed by atoms with Gasteiger partial charge in [0.2, 0.25) is 0 Å². The van der Waals surface area contributed by atoms with Crippen molar-refractivity contribution in [3.63, 3.8) is 0 Å². The van der Waals surface area contributed by atoms with E-state index in [0.29, 0.717) is 19.8 Å². The molecule has 0 saturated heterocycles. The van der Waals surface area contributed by atoms with Crippen molar-refractivity contribution < 1.29 is 9.57 Å². The number of nitrogens with one attached hydrogen (secondary N) is 1. The number of benzene rings is 1. The SMILES string of the molecule is CC(C)OCCNOCc1ccccc1. The molecule has 0 bridgehead atoms. The van der Waals surface area contributed by atoms with Crippen molar-refractivity contribution in [2.24, 2.45) is 0 Å². The van der Waals surface area contributed by atoms with Gasteiger partial charge < -0.3 is 4.74 Å². The fourth-order valence-corrected chi connectivity index (χ4v) is 1.12. The van der Waals surface area contributed by atoms with Gasteiger partial charge in [-0.1, -0.05) is 30.3 Å². The van der Waals surface area contributed by atoms with Crippen molar-refractivity contribution in [2.75, 3.05) is 13.2 Å². The van der Waals surface area contributed by atoms with Crippen LogP contribution in [-0.4, -0.2) is 19.3 Å². The van der Waals surface area contributed by atoms with Crippen molar-refractivity contribution in [1.29, 1.82) is 0 Å². The van der Waals surface area contributed by atoms with Crippen LogP contribution in [0.5, 0.6) is 0 Å². The summed E-state index contributed by atoms with van der Waals surface area (Å²) in [6.07, 6.45) is 0.279. The minimum atomic E-state index is 0.279. The van der Waals surface area contributed by atoms with Crippen LogP contribution in [0.1, 0.15) is 19.4 Å². The monoisotopic (exact) mass is 209 g/mol. The molecule has 0 saturated carbocycles. The van der Waals surface area contributed by atoms with E-state index in [1.165, 1.54) is 0 Å². The van der Waals surface area contributed by atoms with Gasteiger partial charge in [0.15, 0.2) is 0 Å². The molecule has 0 heterocycles. The van der Waals surface area contributed by atoms with Crippen LogP contribution in [0.25, 0.3) is 0 Å². The van der Waals surface area contributed by atoms with E-state index in [0.717, 1.165) is 5.56 Å². The lowest BCUT2D eigenvalue weighted by atomic mass is 10.2. The molecule has 84 valence electrons.